The van der Waals surface area contributed by atoms with Gasteiger partial charge >= 0.3 is 35.8 Å². The fourth-order valence-corrected chi connectivity index (χ4v) is 2.43. The SMILES string of the molecule is C.O=C(/C=C/c1ccc(O)c(O)c1)OC(C(=O)O)C(O)C(=O)O.O=C(O)/C=C/c1ccc(O)c(O)c1.O=C(O)C(O)C(O)C(=O)O. The highest BCUT2D eigenvalue weighted by atomic mass is 16.6. The molecule has 19 heteroatoms. The minimum atomic E-state index is -2.41. The maximum Gasteiger partial charge on any atom is 0.348 e. The number of esters is 1. The Morgan fingerprint density at radius 3 is 1.22 bits per heavy atom. The number of carbonyl (C=O) groups is 6. The molecule has 19 nitrogen and oxygen atoms in total. The Morgan fingerprint density at radius 1 is 0.543 bits per heavy atom. The molecule has 252 valence electrons. The van der Waals surface area contributed by atoms with Gasteiger partial charge < -0.3 is 66.0 Å². The first-order valence-electron chi connectivity index (χ1n) is 11.6. The Labute approximate surface area is 257 Å². The average molecular weight is 659 g/mol. The van der Waals surface area contributed by atoms with Gasteiger partial charge in [-0.15, -0.1) is 0 Å². The molecule has 2 aromatic rings. The number of ether oxygens (including phenoxy) is 1. The lowest BCUT2D eigenvalue weighted by Gasteiger charge is -2.15. The molecule has 0 amide bonds. The van der Waals surface area contributed by atoms with Crippen LogP contribution in [0.3, 0.4) is 0 Å². The third kappa shape index (κ3) is 15.3. The monoisotopic (exact) mass is 658 g/mol. The molecule has 0 saturated heterocycles. The Balaban J connectivity index is 0. The summed E-state index contributed by atoms with van der Waals surface area (Å²) in [4.78, 5) is 62.3. The zero-order valence-corrected chi connectivity index (χ0v) is 22.3. The summed E-state index contributed by atoms with van der Waals surface area (Å²) in [7, 11) is 0. The van der Waals surface area contributed by atoms with E-state index >= 15 is 0 Å². The summed E-state index contributed by atoms with van der Waals surface area (Å²) in [6, 6.07) is 7.69. The molecule has 0 aliphatic rings. The van der Waals surface area contributed by atoms with Crippen molar-refractivity contribution >= 4 is 48.0 Å². The number of carboxylic acids is 5. The van der Waals surface area contributed by atoms with Crippen LogP contribution in [0.5, 0.6) is 23.0 Å². The minimum Gasteiger partial charge on any atom is -0.504 e. The molecule has 0 aliphatic heterocycles. The van der Waals surface area contributed by atoms with Gasteiger partial charge in [-0.1, -0.05) is 19.6 Å². The van der Waals surface area contributed by atoms with Crippen LogP contribution < -0.4 is 0 Å². The van der Waals surface area contributed by atoms with E-state index in [0.717, 1.165) is 30.4 Å². The van der Waals surface area contributed by atoms with Gasteiger partial charge in [-0.25, -0.2) is 28.8 Å². The first-order chi connectivity index (χ1) is 20.8. The van der Waals surface area contributed by atoms with Crippen LogP contribution in [-0.2, 0) is 33.5 Å². The van der Waals surface area contributed by atoms with E-state index in [2.05, 4.69) is 4.74 Å². The van der Waals surface area contributed by atoms with Crippen LogP contribution in [0.4, 0.5) is 0 Å². The van der Waals surface area contributed by atoms with Crippen LogP contribution in [0.2, 0.25) is 0 Å². The largest absolute Gasteiger partial charge is 0.504 e. The highest BCUT2D eigenvalue weighted by Gasteiger charge is 2.35. The molecule has 2 aromatic carbocycles. The maximum atomic E-state index is 11.4. The highest BCUT2D eigenvalue weighted by Crippen LogP contribution is 2.26. The Hall–Kier alpha value is -6.18. The van der Waals surface area contributed by atoms with E-state index in [1.54, 1.807) is 0 Å². The number of benzene rings is 2. The van der Waals surface area contributed by atoms with Gasteiger partial charge in [0.25, 0.3) is 0 Å². The molecular weight excluding hydrogens is 628 g/mol. The lowest BCUT2D eigenvalue weighted by atomic mass is 10.2. The molecule has 0 saturated carbocycles. The summed E-state index contributed by atoms with van der Waals surface area (Å²) >= 11 is 0. The van der Waals surface area contributed by atoms with Gasteiger partial charge in [0.1, 0.15) is 0 Å². The van der Waals surface area contributed by atoms with Crippen molar-refractivity contribution in [3.8, 4) is 23.0 Å². The normalized spacial score (nSPS) is 12.8. The summed E-state index contributed by atoms with van der Waals surface area (Å²) in [6.45, 7) is 0. The van der Waals surface area contributed by atoms with Gasteiger partial charge in [-0.3, -0.25) is 0 Å². The van der Waals surface area contributed by atoms with Crippen molar-refractivity contribution in [2.75, 3.05) is 0 Å². The Kier molecular flexibility index (Phi) is 18.2. The summed E-state index contributed by atoms with van der Waals surface area (Å²) in [6.07, 6.45) is -5.03. The van der Waals surface area contributed by atoms with Crippen LogP contribution in [0, 0.1) is 0 Å². The molecule has 0 heterocycles. The van der Waals surface area contributed by atoms with Crippen molar-refractivity contribution in [3.05, 3.63) is 59.7 Å². The molecule has 0 aliphatic carbocycles. The molecule has 2 rings (SSSR count). The molecular formula is C27H30O19. The number of aliphatic hydroxyl groups is 3. The number of hydrogen-bond donors (Lipinski definition) is 12. The van der Waals surface area contributed by atoms with Crippen LogP contribution in [-0.4, -0.2) is 122 Å². The quantitative estimate of drug-likeness (QED) is 0.0803. The number of aliphatic hydroxyl groups excluding tert-OH is 3. The molecule has 0 radical (unpaired) electrons. The number of phenolic OH excluding ortho intramolecular Hbond substituents is 4. The predicted octanol–water partition coefficient (Wildman–Crippen LogP) is -0.738. The molecule has 12 N–H and O–H groups in total. The topological polar surface area (TPSA) is 354 Å². The van der Waals surface area contributed by atoms with Crippen molar-refractivity contribution in [1.29, 1.82) is 0 Å². The summed E-state index contributed by atoms with van der Waals surface area (Å²) in [5.41, 5.74) is 0.801. The average Bonchev–Trinajstić information content (AvgIpc) is 2.96. The van der Waals surface area contributed by atoms with Gasteiger partial charge in [-0.05, 0) is 47.5 Å². The highest BCUT2D eigenvalue weighted by molar-refractivity contribution is 5.91. The van der Waals surface area contributed by atoms with E-state index < -0.39 is 66.0 Å². The molecule has 0 fully saturated rings. The zero-order valence-electron chi connectivity index (χ0n) is 22.3. The third-order valence-corrected chi connectivity index (χ3v) is 4.66. The minimum absolute atomic E-state index is 0. The van der Waals surface area contributed by atoms with Crippen LogP contribution in [0.15, 0.2) is 48.6 Å². The molecule has 0 spiro atoms. The Morgan fingerprint density at radius 2 is 0.913 bits per heavy atom. The number of hydrogen-bond acceptors (Lipinski definition) is 14. The van der Waals surface area contributed by atoms with Crippen LogP contribution in [0.25, 0.3) is 12.2 Å². The first kappa shape index (κ1) is 42.0. The summed E-state index contributed by atoms with van der Waals surface area (Å²) < 4.78 is 4.34. The fourth-order valence-electron chi connectivity index (χ4n) is 2.43. The van der Waals surface area contributed by atoms with Gasteiger partial charge in [0.2, 0.25) is 6.10 Å². The second-order valence-corrected chi connectivity index (χ2v) is 8.05. The maximum absolute atomic E-state index is 11.4. The standard InChI is InChI=1S/C13H12O9.C9H8O4.C4H6O6.CH4/c14-7-3-1-6(5-8(7)15)2-4-9(16)22-11(13(20)21)10(17)12(18)19;10-7-3-1-6(5-8(7)11)2-4-9(12)13;5-1(3(7)8)2(6)4(9)10;/h1-5,10-11,14-15,17H,(H,18,19)(H,20,21);1-5,10-11H,(H,12,13);1-2,5-6H,(H,7,8)(H,9,10);1H4/b2*4-2+;;. The van der Waals surface area contributed by atoms with Crippen LogP contribution in [0.1, 0.15) is 18.6 Å². The van der Waals surface area contributed by atoms with Crippen molar-refractivity contribution in [1.82, 2.24) is 0 Å². The van der Waals surface area contributed by atoms with Crippen molar-refractivity contribution < 1.29 is 94.8 Å². The third-order valence-electron chi connectivity index (χ3n) is 4.66. The number of carboxylic acid groups (broad SMARTS) is 5. The van der Waals surface area contributed by atoms with Gasteiger partial charge in [0.05, 0.1) is 0 Å². The van der Waals surface area contributed by atoms with E-state index in [4.69, 9.17) is 56.2 Å². The van der Waals surface area contributed by atoms with E-state index in [0.29, 0.717) is 5.56 Å². The van der Waals surface area contributed by atoms with E-state index in [-0.39, 0.29) is 30.2 Å². The van der Waals surface area contributed by atoms with Gasteiger partial charge in [-0.2, -0.15) is 0 Å². The van der Waals surface area contributed by atoms with Crippen molar-refractivity contribution in [2.24, 2.45) is 0 Å². The van der Waals surface area contributed by atoms with E-state index in [9.17, 15) is 33.9 Å². The zero-order chi connectivity index (χ0) is 35.0. The molecule has 4 atom stereocenters. The second kappa shape index (κ2) is 19.9. The number of aliphatic carboxylic acids is 5. The lowest BCUT2D eigenvalue weighted by molar-refractivity contribution is -0.176. The van der Waals surface area contributed by atoms with E-state index in [1.807, 2.05) is 0 Å². The number of phenols is 4. The molecule has 0 bridgehead atoms. The molecule has 0 aromatic heterocycles. The lowest BCUT2D eigenvalue weighted by Crippen LogP contribution is -2.42. The number of carbonyl (C=O) groups excluding carboxylic acids is 1. The Bertz CT molecular complexity index is 1430. The summed E-state index contributed by atoms with van der Waals surface area (Å²) in [5.74, 6) is -10.8. The first-order valence-corrected chi connectivity index (χ1v) is 11.6. The van der Waals surface area contributed by atoms with E-state index in [1.165, 1.54) is 30.3 Å². The smallest absolute Gasteiger partial charge is 0.348 e. The number of aromatic hydroxyl groups is 4. The van der Waals surface area contributed by atoms with Gasteiger partial charge in [0, 0.05) is 12.2 Å². The van der Waals surface area contributed by atoms with Crippen molar-refractivity contribution in [2.45, 2.75) is 31.8 Å². The molecule has 46 heavy (non-hydrogen) atoms. The van der Waals surface area contributed by atoms with Crippen molar-refractivity contribution in [3.63, 3.8) is 0 Å². The summed E-state index contributed by atoms with van der Waals surface area (Å²) in [5, 5.41) is 103. The second-order valence-electron chi connectivity index (χ2n) is 8.05. The fraction of sp³-hybridized carbons (Fsp3) is 0.185. The number of rotatable bonds is 11. The van der Waals surface area contributed by atoms with Gasteiger partial charge in [0.15, 0.2) is 41.3 Å². The van der Waals surface area contributed by atoms with Crippen LogP contribution >= 0.6 is 0 Å². The molecule has 4 unspecified atom stereocenters. The predicted molar refractivity (Wildman–Crippen MR) is 150 cm³/mol.